The molecular formula is C15H16F4N2O4. The number of nitrogens with one attached hydrogen (secondary N) is 1. The van der Waals surface area contributed by atoms with Crippen molar-refractivity contribution in [2.24, 2.45) is 0 Å². The lowest BCUT2D eigenvalue weighted by atomic mass is 9.74. The Morgan fingerprint density at radius 1 is 1.36 bits per heavy atom. The molecule has 1 aliphatic carbocycles. The summed E-state index contributed by atoms with van der Waals surface area (Å²) in [6.45, 7) is -1.54. The van der Waals surface area contributed by atoms with Crippen molar-refractivity contribution in [1.82, 2.24) is 10.3 Å². The Morgan fingerprint density at radius 2 is 2.04 bits per heavy atom. The second-order valence-electron chi connectivity index (χ2n) is 5.89. The van der Waals surface area contributed by atoms with E-state index >= 15 is 0 Å². The largest absolute Gasteiger partial charge is 0.481 e. The molecule has 0 atom stereocenters. The maximum absolute atomic E-state index is 12.8. The number of ether oxygens (including phenoxy) is 1. The quantitative estimate of drug-likeness (QED) is 0.692. The van der Waals surface area contributed by atoms with Gasteiger partial charge < -0.3 is 15.2 Å². The number of aromatic nitrogens is 1. The van der Waals surface area contributed by atoms with Gasteiger partial charge in [-0.15, -0.1) is 0 Å². The molecule has 1 aliphatic rings. The fraction of sp³-hybridized carbons (Fsp3) is 0.533. The Morgan fingerprint density at radius 3 is 2.48 bits per heavy atom. The molecule has 1 fully saturated rings. The standard InChI is InChI=1S/C15H16F4N2O4/c16-13(17)15(18,19)8-25-10-3-2-9(7-20-10)12(24)21-14(4-1-5-14)6-11(22)23/h2-3,7,13H,1,4-6,8H2,(H,21,24)(H,22,23). The van der Waals surface area contributed by atoms with Crippen molar-refractivity contribution in [3.8, 4) is 5.88 Å². The molecule has 0 aromatic carbocycles. The minimum atomic E-state index is -4.30. The Hall–Kier alpha value is -2.39. The van der Waals surface area contributed by atoms with Gasteiger partial charge in [0.15, 0.2) is 6.61 Å². The molecule has 10 heteroatoms. The fourth-order valence-corrected chi connectivity index (χ4v) is 2.39. The Balaban J connectivity index is 1.95. The van der Waals surface area contributed by atoms with Gasteiger partial charge >= 0.3 is 18.3 Å². The summed E-state index contributed by atoms with van der Waals surface area (Å²) in [6, 6.07) is 2.33. The van der Waals surface area contributed by atoms with Crippen molar-refractivity contribution in [3.63, 3.8) is 0 Å². The molecule has 0 radical (unpaired) electrons. The zero-order valence-electron chi connectivity index (χ0n) is 13.0. The number of nitrogens with zero attached hydrogens (tertiary/aromatic N) is 1. The van der Waals surface area contributed by atoms with Crippen LogP contribution in [0.25, 0.3) is 0 Å². The summed E-state index contributed by atoms with van der Waals surface area (Å²) >= 11 is 0. The van der Waals surface area contributed by atoms with Crippen LogP contribution < -0.4 is 10.1 Å². The molecule has 25 heavy (non-hydrogen) atoms. The normalized spacial score (nSPS) is 16.2. The first-order valence-electron chi connectivity index (χ1n) is 7.43. The smallest absolute Gasteiger partial charge is 0.340 e. The van der Waals surface area contributed by atoms with E-state index in [4.69, 9.17) is 5.11 Å². The minimum Gasteiger partial charge on any atom is -0.481 e. The minimum absolute atomic E-state index is 0.0737. The van der Waals surface area contributed by atoms with Gasteiger partial charge in [0.2, 0.25) is 5.88 Å². The summed E-state index contributed by atoms with van der Waals surface area (Å²) in [5, 5.41) is 11.6. The SMILES string of the molecule is O=C(O)CC1(NC(=O)c2ccc(OCC(F)(F)C(F)F)nc2)CCC1. The highest BCUT2D eigenvalue weighted by Gasteiger charge is 2.42. The maximum atomic E-state index is 12.8. The monoisotopic (exact) mass is 364 g/mol. The highest BCUT2D eigenvalue weighted by molar-refractivity contribution is 5.94. The predicted octanol–water partition coefficient (Wildman–Crippen LogP) is 2.49. The van der Waals surface area contributed by atoms with E-state index in [1.54, 1.807) is 0 Å². The predicted molar refractivity (Wildman–Crippen MR) is 77.0 cm³/mol. The van der Waals surface area contributed by atoms with Crippen molar-refractivity contribution < 1.29 is 37.0 Å². The van der Waals surface area contributed by atoms with E-state index in [2.05, 4.69) is 15.0 Å². The number of aliphatic carboxylic acids is 1. The number of pyridine rings is 1. The molecule has 1 amide bonds. The molecule has 1 aromatic rings. The zero-order chi connectivity index (χ0) is 18.7. The molecule has 1 saturated carbocycles. The van der Waals surface area contributed by atoms with Gasteiger partial charge in [-0.3, -0.25) is 9.59 Å². The van der Waals surface area contributed by atoms with Crippen LogP contribution in [0.1, 0.15) is 36.0 Å². The summed E-state index contributed by atoms with van der Waals surface area (Å²) in [5.41, 5.74) is -0.721. The summed E-state index contributed by atoms with van der Waals surface area (Å²) in [4.78, 5) is 26.6. The van der Waals surface area contributed by atoms with Crippen LogP contribution in [0.4, 0.5) is 17.6 Å². The van der Waals surface area contributed by atoms with E-state index < -0.39 is 36.4 Å². The second kappa shape index (κ2) is 7.24. The average Bonchev–Trinajstić information content (AvgIpc) is 2.50. The van der Waals surface area contributed by atoms with Gasteiger partial charge in [-0.25, -0.2) is 13.8 Å². The third-order valence-electron chi connectivity index (χ3n) is 3.91. The van der Waals surface area contributed by atoms with Crippen LogP contribution in [0.5, 0.6) is 5.88 Å². The van der Waals surface area contributed by atoms with E-state index in [1.807, 2.05) is 0 Å². The van der Waals surface area contributed by atoms with Crippen LogP contribution in [-0.4, -0.2) is 46.5 Å². The van der Waals surface area contributed by atoms with Gasteiger partial charge in [0, 0.05) is 12.3 Å². The third-order valence-corrected chi connectivity index (χ3v) is 3.91. The number of alkyl halides is 4. The molecule has 2 rings (SSSR count). The van der Waals surface area contributed by atoms with Gasteiger partial charge in [0.25, 0.3) is 5.91 Å². The number of carbonyl (C=O) groups excluding carboxylic acids is 1. The molecule has 0 spiro atoms. The Bertz CT molecular complexity index is 633. The molecule has 0 saturated heterocycles. The van der Waals surface area contributed by atoms with Crippen molar-refractivity contribution in [1.29, 1.82) is 0 Å². The van der Waals surface area contributed by atoms with Crippen LogP contribution in [0.2, 0.25) is 0 Å². The van der Waals surface area contributed by atoms with Gasteiger partial charge in [-0.2, -0.15) is 8.78 Å². The first-order valence-corrected chi connectivity index (χ1v) is 7.43. The van der Waals surface area contributed by atoms with Crippen molar-refractivity contribution >= 4 is 11.9 Å². The molecule has 6 nitrogen and oxygen atoms in total. The first kappa shape index (κ1) is 18.9. The van der Waals surface area contributed by atoms with E-state index in [0.717, 1.165) is 18.7 Å². The van der Waals surface area contributed by atoms with Crippen LogP contribution >= 0.6 is 0 Å². The molecule has 138 valence electrons. The lowest BCUT2D eigenvalue weighted by molar-refractivity contribution is -0.148. The number of hydrogen-bond donors (Lipinski definition) is 2. The molecule has 0 unspecified atom stereocenters. The number of rotatable bonds is 8. The van der Waals surface area contributed by atoms with E-state index in [1.165, 1.54) is 6.07 Å². The molecule has 1 aromatic heterocycles. The van der Waals surface area contributed by atoms with Crippen LogP contribution in [0.3, 0.4) is 0 Å². The maximum Gasteiger partial charge on any atom is 0.340 e. The van der Waals surface area contributed by atoms with Gasteiger partial charge in [0.05, 0.1) is 17.5 Å². The van der Waals surface area contributed by atoms with Gasteiger partial charge in [-0.1, -0.05) is 0 Å². The molecule has 2 N–H and O–H groups in total. The highest BCUT2D eigenvalue weighted by atomic mass is 19.3. The Kier molecular flexibility index (Phi) is 5.48. The Labute approximate surface area is 140 Å². The van der Waals surface area contributed by atoms with Crippen molar-refractivity contribution in [2.75, 3.05) is 6.61 Å². The summed E-state index contributed by atoms with van der Waals surface area (Å²) in [6.07, 6.45) is -1.12. The number of hydrogen-bond acceptors (Lipinski definition) is 4. The lowest BCUT2D eigenvalue weighted by Crippen LogP contribution is -2.54. The van der Waals surface area contributed by atoms with Crippen LogP contribution in [-0.2, 0) is 4.79 Å². The number of carbonyl (C=O) groups is 2. The average molecular weight is 364 g/mol. The summed E-state index contributed by atoms with van der Waals surface area (Å²) in [7, 11) is 0. The van der Waals surface area contributed by atoms with Crippen molar-refractivity contribution in [2.45, 2.75) is 43.6 Å². The van der Waals surface area contributed by atoms with E-state index in [9.17, 15) is 27.2 Å². The third kappa shape index (κ3) is 4.80. The second-order valence-corrected chi connectivity index (χ2v) is 5.89. The molecule has 1 heterocycles. The molecule has 0 bridgehead atoms. The lowest BCUT2D eigenvalue weighted by Gasteiger charge is -2.41. The van der Waals surface area contributed by atoms with Crippen LogP contribution in [0, 0.1) is 0 Å². The summed E-state index contributed by atoms with van der Waals surface area (Å²) < 4.78 is 54.1. The fourth-order valence-electron chi connectivity index (χ4n) is 2.39. The molecule has 0 aliphatic heterocycles. The van der Waals surface area contributed by atoms with Gasteiger partial charge in [-0.05, 0) is 25.3 Å². The van der Waals surface area contributed by atoms with E-state index in [0.29, 0.717) is 12.8 Å². The van der Waals surface area contributed by atoms with Crippen molar-refractivity contribution in [3.05, 3.63) is 23.9 Å². The summed E-state index contributed by atoms with van der Waals surface area (Å²) in [5.74, 6) is -6.22. The zero-order valence-corrected chi connectivity index (χ0v) is 13.0. The van der Waals surface area contributed by atoms with Gasteiger partial charge in [0.1, 0.15) is 0 Å². The topological polar surface area (TPSA) is 88.5 Å². The van der Waals surface area contributed by atoms with E-state index in [-0.39, 0.29) is 17.9 Å². The molecular weight excluding hydrogens is 348 g/mol. The number of carboxylic acids is 1. The van der Waals surface area contributed by atoms with Crippen LogP contribution in [0.15, 0.2) is 18.3 Å². The number of carboxylic acid groups (broad SMARTS) is 1. The highest BCUT2D eigenvalue weighted by Crippen LogP contribution is 2.35. The number of halogens is 4. The number of amides is 1. The first-order chi connectivity index (χ1) is 11.6.